The van der Waals surface area contributed by atoms with Gasteiger partial charge in [-0.15, -0.1) is 11.3 Å². The van der Waals surface area contributed by atoms with Crippen LogP contribution >= 0.6 is 22.9 Å². The van der Waals surface area contributed by atoms with E-state index in [9.17, 15) is 4.79 Å². The van der Waals surface area contributed by atoms with Gasteiger partial charge in [-0.3, -0.25) is 4.79 Å². The van der Waals surface area contributed by atoms with Crippen LogP contribution in [0.5, 0.6) is 0 Å². The summed E-state index contributed by atoms with van der Waals surface area (Å²) in [6, 6.07) is 3.75. The van der Waals surface area contributed by atoms with E-state index in [1.165, 1.54) is 11.3 Å². The molecule has 5 heteroatoms. The van der Waals surface area contributed by atoms with Gasteiger partial charge in [0.05, 0.1) is 10.9 Å². The summed E-state index contributed by atoms with van der Waals surface area (Å²) in [5.74, 6) is 0.0301. The standard InChI is InChI=1S/C11H17ClN2OS/c1-11(2,5-6-13)10(15)14-7-8-3-4-9(12)16-8/h3-4H,5-7,13H2,1-2H3,(H,14,15). The Labute approximate surface area is 105 Å². The lowest BCUT2D eigenvalue weighted by atomic mass is 9.88. The largest absolute Gasteiger partial charge is 0.351 e. The molecule has 0 saturated carbocycles. The van der Waals surface area contributed by atoms with Gasteiger partial charge in [-0.05, 0) is 25.1 Å². The fraction of sp³-hybridized carbons (Fsp3) is 0.545. The van der Waals surface area contributed by atoms with E-state index >= 15 is 0 Å². The predicted octanol–water partition coefficient (Wildman–Crippen LogP) is 2.39. The van der Waals surface area contributed by atoms with Crippen molar-refractivity contribution in [3.8, 4) is 0 Å². The molecule has 0 saturated heterocycles. The first-order chi connectivity index (χ1) is 7.45. The third-order valence-electron chi connectivity index (χ3n) is 2.44. The summed E-state index contributed by atoms with van der Waals surface area (Å²) >= 11 is 7.28. The molecule has 1 aromatic rings. The molecule has 3 nitrogen and oxygen atoms in total. The second kappa shape index (κ2) is 5.66. The number of thiophene rings is 1. The summed E-state index contributed by atoms with van der Waals surface area (Å²) in [6.07, 6.45) is 0.685. The number of nitrogens with one attached hydrogen (secondary N) is 1. The van der Waals surface area contributed by atoms with Crippen LogP contribution in [0.3, 0.4) is 0 Å². The molecule has 1 heterocycles. The number of carbonyl (C=O) groups excluding carboxylic acids is 1. The molecule has 0 aliphatic heterocycles. The van der Waals surface area contributed by atoms with Crippen molar-refractivity contribution in [1.82, 2.24) is 5.32 Å². The molecule has 16 heavy (non-hydrogen) atoms. The number of amides is 1. The summed E-state index contributed by atoms with van der Waals surface area (Å²) in [5, 5.41) is 2.89. The Hall–Kier alpha value is -0.580. The summed E-state index contributed by atoms with van der Waals surface area (Å²) in [5.41, 5.74) is 5.06. The third kappa shape index (κ3) is 3.77. The van der Waals surface area contributed by atoms with Crippen LogP contribution in [0.15, 0.2) is 12.1 Å². The quantitative estimate of drug-likeness (QED) is 0.854. The lowest BCUT2D eigenvalue weighted by Crippen LogP contribution is -2.37. The zero-order valence-electron chi connectivity index (χ0n) is 9.55. The van der Waals surface area contributed by atoms with Crippen molar-refractivity contribution in [2.45, 2.75) is 26.8 Å². The van der Waals surface area contributed by atoms with E-state index in [4.69, 9.17) is 17.3 Å². The Balaban J connectivity index is 2.46. The molecule has 0 spiro atoms. The number of hydrogen-bond acceptors (Lipinski definition) is 3. The first-order valence-corrected chi connectivity index (χ1v) is 6.38. The van der Waals surface area contributed by atoms with Crippen LogP contribution in [0.25, 0.3) is 0 Å². The molecular formula is C11H17ClN2OS. The SMILES string of the molecule is CC(C)(CCN)C(=O)NCc1ccc(Cl)s1. The fourth-order valence-corrected chi connectivity index (χ4v) is 2.36. The van der Waals surface area contributed by atoms with E-state index in [2.05, 4.69) is 5.32 Å². The molecule has 90 valence electrons. The monoisotopic (exact) mass is 260 g/mol. The lowest BCUT2D eigenvalue weighted by molar-refractivity contribution is -0.129. The van der Waals surface area contributed by atoms with Crippen molar-refractivity contribution in [2.24, 2.45) is 11.1 Å². The maximum Gasteiger partial charge on any atom is 0.225 e. The van der Waals surface area contributed by atoms with Crippen molar-refractivity contribution in [3.63, 3.8) is 0 Å². The van der Waals surface area contributed by atoms with Crippen LogP contribution in [-0.4, -0.2) is 12.5 Å². The number of nitrogens with two attached hydrogens (primary N) is 1. The van der Waals surface area contributed by atoms with Gasteiger partial charge in [0, 0.05) is 10.3 Å². The minimum Gasteiger partial charge on any atom is -0.351 e. The van der Waals surface area contributed by atoms with Crippen molar-refractivity contribution in [1.29, 1.82) is 0 Å². The van der Waals surface area contributed by atoms with Gasteiger partial charge < -0.3 is 11.1 Å². The second-order valence-corrected chi connectivity index (χ2v) is 6.11. The maximum atomic E-state index is 11.8. The zero-order chi connectivity index (χ0) is 12.2. The maximum absolute atomic E-state index is 11.8. The van der Waals surface area contributed by atoms with Crippen LogP contribution < -0.4 is 11.1 Å². The summed E-state index contributed by atoms with van der Waals surface area (Å²) in [7, 11) is 0. The van der Waals surface area contributed by atoms with Crippen molar-refractivity contribution in [3.05, 3.63) is 21.3 Å². The number of rotatable bonds is 5. The minimum absolute atomic E-state index is 0.0301. The summed E-state index contributed by atoms with van der Waals surface area (Å²) < 4.78 is 0.741. The van der Waals surface area contributed by atoms with Crippen molar-refractivity contribution < 1.29 is 4.79 Å². The molecule has 0 radical (unpaired) electrons. The molecule has 0 aromatic carbocycles. The van der Waals surface area contributed by atoms with Crippen molar-refractivity contribution in [2.75, 3.05) is 6.54 Å². The third-order valence-corrected chi connectivity index (χ3v) is 3.67. The van der Waals surface area contributed by atoms with E-state index in [0.717, 1.165) is 9.21 Å². The molecule has 0 atom stereocenters. The van der Waals surface area contributed by atoms with Crippen LogP contribution in [0.4, 0.5) is 0 Å². The Bertz CT molecular complexity index is 363. The minimum atomic E-state index is -0.407. The van der Waals surface area contributed by atoms with E-state index in [1.807, 2.05) is 26.0 Å². The number of carbonyl (C=O) groups is 1. The highest BCUT2D eigenvalue weighted by atomic mass is 35.5. The van der Waals surface area contributed by atoms with E-state index in [0.29, 0.717) is 19.5 Å². The highest BCUT2D eigenvalue weighted by molar-refractivity contribution is 7.16. The Kier molecular flexibility index (Phi) is 4.77. The van der Waals surface area contributed by atoms with Gasteiger partial charge in [-0.2, -0.15) is 0 Å². The Morgan fingerprint density at radius 2 is 2.25 bits per heavy atom. The van der Waals surface area contributed by atoms with Gasteiger partial charge in [0.15, 0.2) is 0 Å². The molecule has 1 aromatic heterocycles. The smallest absolute Gasteiger partial charge is 0.225 e. The summed E-state index contributed by atoms with van der Waals surface area (Å²) in [6.45, 7) is 4.85. The van der Waals surface area contributed by atoms with Gasteiger partial charge >= 0.3 is 0 Å². The predicted molar refractivity (Wildman–Crippen MR) is 68.6 cm³/mol. The van der Waals surface area contributed by atoms with Crippen LogP contribution in [-0.2, 0) is 11.3 Å². The fourth-order valence-electron chi connectivity index (χ4n) is 1.33. The van der Waals surface area contributed by atoms with Gasteiger partial charge in [-0.25, -0.2) is 0 Å². The second-order valence-electron chi connectivity index (χ2n) is 4.31. The Morgan fingerprint density at radius 3 is 2.75 bits per heavy atom. The molecule has 0 unspecified atom stereocenters. The van der Waals surface area contributed by atoms with Gasteiger partial charge in [0.25, 0.3) is 0 Å². The first-order valence-electron chi connectivity index (χ1n) is 5.18. The molecular weight excluding hydrogens is 244 g/mol. The molecule has 1 amide bonds. The lowest BCUT2D eigenvalue weighted by Gasteiger charge is -2.22. The number of halogens is 1. The van der Waals surface area contributed by atoms with Gasteiger partial charge in [-0.1, -0.05) is 25.4 Å². The van der Waals surface area contributed by atoms with E-state index < -0.39 is 5.41 Å². The molecule has 3 N–H and O–H groups in total. The van der Waals surface area contributed by atoms with Crippen molar-refractivity contribution >= 4 is 28.8 Å². The topological polar surface area (TPSA) is 55.1 Å². The van der Waals surface area contributed by atoms with Gasteiger partial charge in [0.2, 0.25) is 5.91 Å². The molecule has 0 bridgehead atoms. The normalized spacial score (nSPS) is 11.5. The highest BCUT2D eigenvalue weighted by Crippen LogP contribution is 2.22. The van der Waals surface area contributed by atoms with Gasteiger partial charge in [0.1, 0.15) is 0 Å². The van der Waals surface area contributed by atoms with Crippen LogP contribution in [0, 0.1) is 5.41 Å². The molecule has 0 aliphatic carbocycles. The Morgan fingerprint density at radius 1 is 1.56 bits per heavy atom. The van der Waals surface area contributed by atoms with Crippen LogP contribution in [0.1, 0.15) is 25.1 Å². The molecule has 0 aliphatic rings. The first kappa shape index (κ1) is 13.5. The average molecular weight is 261 g/mol. The average Bonchev–Trinajstić information content (AvgIpc) is 2.60. The molecule has 1 rings (SSSR count). The van der Waals surface area contributed by atoms with Crippen LogP contribution in [0.2, 0.25) is 4.34 Å². The molecule has 0 fully saturated rings. The summed E-state index contributed by atoms with van der Waals surface area (Å²) in [4.78, 5) is 12.9. The van der Waals surface area contributed by atoms with E-state index in [-0.39, 0.29) is 5.91 Å². The van der Waals surface area contributed by atoms with E-state index in [1.54, 1.807) is 0 Å². The highest BCUT2D eigenvalue weighted by Gasteiger charge is 2.26. The zero-order valence-corrected chi connectivity index (χ0v) is 11.1. The number of hydrogen-bond donors (Lipinski definition) is 2.